The van der Waals surface area contributed by atoms with Crippen LogP contribution in [0.25, 0.3) is 0 Å². The van der Waals surface area contributed by atoms with E-state index in [0.717, 1.165) is 11.6 Å². The molecular weight excluding hydrogens is 212 g/mol. The molecule has 0 aliphatic rings. The first-order valence-corrected chi connectivity index (χ1v) is 5.34. The minimum Gasteiger partial charge on any atom is -0.298 e. The Hall–Kier alpha value is -1.23. The standard InChI is InChI=1S/C8H14N6S/c1-6(3-9)4-14(2)5-7-12-13-8(11-10)15-7/h6H,4-5,10H2,1-2H3,(H,11,13). The lowest BCUT2D eigenvalue weighted by Crippen LogP contribution is -2.23. The summed E-state index contributed by atoms with van der Waals surface area (Å²) in [5, 5.41) is 17.9. The number of nitrogens with zero attached hydrogens (tertiary/aromatic N) is 4. The molecule has 0 aliphatic heterocycles. The van der Waals surface area contributed by atoms with Gasteiger partial charge < -0.3 is 0 Å². The maximum atomic E-state index is 8.66. The summed E-state index contributed by atoms with van der Waals surface area (Å²) >= 11 is 1.41. The van der Waals surface area contributed by atoms with Gasteiger partial charge in [0.15, 0.2) is 0 Å². The van der Waals surface area contributed by atoms with Gasteiger partial charge in [0.05, 0.1) is 18.5 Å². The molecule has 0 radical (unpaired) electrons. The van der Waals surface area contributed by atoms with Crippen LogP contribution in [0.5, 0.6) is 0 Å². The van der Waals surface area contributed by atoms with Crippen LogP contribution in [0.2, 0.25) is 0 Å². The number of anilines is 1. The summed E-state index contributed by atoms with van der Waals surface area (Å²) in [5.41, 5.74) is 2.45. The molecule has 0 bridgehead atoms. The molecule has 1 unspecified atom stereocenters. The van der Waals surface area contributed by atoms with Crippen molar-refractivity contribution in [1.82, 2.24) is 15.1 Å². The molecule has 1 heterocycles. The zero-order valence-corrected chi connectivity index (χ0v) is 9.58. The predicted molar refractivity (Wildman–Crippen MR) is 58.8 cm³/mol. The van der Waals surface area contributed by atoms with Gasteiger partial charge in [0.2, 0.25) is 5.13 Å². The third-order valence-corrected chi connectivity index (χ3v) is 2.64. The van der Waals surface area contributed by atoms with Crippen LogP contribution in [-0.2, 0) is 6.54 Å². The van der Waals surface area contributed by atoms with Crippen LogP contribution in [0.15, 0.2) is 0 Å². The second-order valence-electron chi connectivity index (χ2n) is 3.37. The molecule has 3 N–H and O–H groups in total. The van der Waals surface area contributed by atoms with Gasteiger partial charge in [-0.3, -0.25) is 10.3 Å². The maximum absolute atomic E-state index is 8.66. The molecule has 15 heavy (non-hydrogen) atoms. The number of hydrogen-bond acceptors (Lipinski definition) is 7. The molecule has 0 saturated carbocycles. The summed E-state index contributed by atoms with van der Waals surface area (Å²) in [6.07, 6.45) is 0. The van der Waals surface area contributed by atoms with Crippen molar-refractivity contribution in [1.29, 1.82) is 5.26 Å². The molecule has 0 fully saturated rings. The highest BCUT2D eigenvalue weighted by atomic mass is 32.1. The molecule has 1 aromatic rings. The largest absolute Gasteiger partial charge is 0.298 e. The molecule has 1 aromatic heterocycles. The number of hydrogen-bond donors (Lipinski definition) is 2. The van der Waals surface area contributed by atoms with Gasteiger partial charge in [0.25, 0.3) is 0 Å². The van der Waals surface area contributed by atoms with E-state index < -0.39 is 0 Å². The zero-order chi connectivity index (χ0) is 11.3. The summed E-state index contributed by atoms with van der Waals surface area (Å²) in [6, 6.07) is 2.19. The van der Waals surface area contributed by atoms with E-state index in [2.05, 4.69) is 21.7 Å². The first-order valence-electron chi connectivity index (χ1n) is 4.53. The summed E-state index contributed by atoms with van der Waals surface area (Å²) in [6.45, 7) is 3.30. The molecule has 0 spiro atoms. The Morgan fingerprint density at radius 2 is 2.40 bits per heavy atom. The van der Waals surface area contributed by atoms with E-state index in [-0.39, 0.29) is 5.92 Å². The number of nitrogens with one attached hydrogen (secondary N) is 1. The maximum Gasteiger partial charge on any atom is 0.219 e. The fourth-order valence-corrected chi connectivity index (χ4v) is 1.91. The monoisotopic (exact) mass is 226 g/mol. The van der Waals surface area contributed by atoms with Crippen molar-refractivity contribution in [2.24, 2.45) is 11.8 Å². The van der Waals surface area contributed by atoms with Gasteiger partial charge in [-0.1, -0.05) is 11.3 Å². The Morgan fingerprint density at radius 1 is 1.67 bits per heavy atom. The Labute approximate surface area is 92.7 Å². The minimum atomic E-state index is 0.0232. The molecule has 1 rings (SSSR count). The summed E-state index contributed by atoms with van der Waals surface area (Å²) in [4.78, 5) is 2.04. The Balaban J connectivity index is 2.44. The van der Waals surface area contributed by atoms with E-state index >= 15 is 0 Å². The van der Waals surface area contributed by atoms with Gasteiger partial charge in [0.1, 0.15) is 5.01 Å². The van der Waals surface area contributed by atoms with E-state index in [9.17, 15) is 0 Å². The second-order valence-corrected chi connectivity index (χ2v) is 4.43. The Morgan fingerprint density at radius 3 is 2.93 bits per heavy atom. The van der Waals surface area contributed by atoms with Crippen LogP contribution in [0.4, 0.5) is 5.13 Å². The first-order chi connectivity index (χ1) is 7.15. The number of nitrogens with two attached hydrogens (primary N) is 1. The van der Waals surface area contributed by atoms with Crippen molar-refractivity contribution < 1.29 is 0 Å². The molecule has 0 amide bonds. The van der Waals surface area contributed by atoms with Crippen molar-refractivity contribution in [3.63, 3.8) is 0 Å². The van der Waals surface area contributed by atoms with Crippen molar-refractivity contribution >= 4 is 16.5 Å². The van der Waals surface area contributed by atoms with Crippen molar-refractivity contribution in [2.75, 3.05) is 19.0 Å². The third-order valence-electron chi connectivity index (χ3n) is 1.80. The Bertz CT molecular complexity index is 343. The number of aromatic nitrogens is 2. The lowest BCUT2D eigenvalue weighted by atomic mass is 10.2. The van der Waals surface area contributed by atoms with E-state index in [1.165, 1.54) is 11.3 Å². The normalized spacial score (nSPS) is 12.5. The van der Waals surface area contributed by atoms with Crippen LogP contribution in [0, 0.1) is 17.2 Å². The number of hydrazine groups is 1. The van der Waals surface area contributed by atoms with Crippen LogP contribution < -0.4 is 11.3 Å². The number of rotatable bonds is 5. The first kappa shape index (κ1) is 11.8. The smallest absolute Gasteiger partial charge is 0.219 e. The number of nitrogen functional groups attached to an aromatic ring is 1. The number of nitriles is 1. The molecule has 0 aliphatic carbocycles. The van der Waals surface area contributed by atoms with Gasteiger partial charge >= 0.3 is 0 Å². The third kappa shape index (κ3) is 3.79. The predicted octanol–water partition coefficient (Wildman–Crippen LogP) is 0.415. The molecule has 82 valence electrons. The average Bonchev–Trinajstić information content (AvgIpc) is 2.65. The SMILES string of the molecule is CC(C#N)CN(C)Cc1nnc(NN)s1. The summed E-state index contributed by atoms with van der Waals surface area (Å²) in [5.74, 6) is 5.22. The van der Waals surface area contributed by atoms with Crippen molar-refractivity contribution in [2.45, 2.75) is 13.5 Å². The highest BCUT2D eigenvalue weighted by Gasteiger charge is 2.09. The van der Waals surface area contributed by atoms with Gasteiger partial charge in [0, 0.05) is 6.54 Å². The molecular formula is C8H14N6S. The van der Waals surface area contributed by atoms with Gasteiger partial charge in [-0.15, -0.1) is 10.2 Å². The lowest BCUT2D eigenvalue weighted by molar-refractivity contribution is 0.302. The topological polar surface area (TPSA) is 90.9 Å². The minimum absolute atomic E-state index is 0.0232. The molecule has 0 aromatic carbocycles. The van der Waals surface area contributed by atoms with Gasteiger partial charge in [-0.25, -0.2) is 5.84 Å². The highest BCUT2D eigenvalue weighted by Crippen LogP contribution is 2.15. The molecule has 1 atom stereocenters. The van der Waals surface area contributed by atoms with Crippen LogP contribution >= 0.6 is 11.3 Å². The van der Waals surface area contributed by atoms with Gasteiger partial charge in [-0.2, -0.15) is 5.26 Å². The Kier molecular flexibility index (Phi) is 4.42. The fraction of sp³-hybridized carbons (Fsp3) is 0.625. The van der Waals surface area contributed by atoms with Crippen LogP contribution in [0.3, 0.4) is 0 Å². The van der Waals surface area contributed by atoms with E-state index in [4.69, 9.17) is 11.1 Å². The molecule has 7 heteroatoms. The average molecular weight is 226 g/mol. The van der Waals surface area contributed by atoms with E-state index in [1.807, 2.05) is 18.9 Å². The molecule has 0 saturated heterocycles. The van der Waals surface area contributed by atoms with E-state index in [0.29, 0.717) is 11.7 Å². The summed E-state index contributed by atoms with van der Waals surface area (Å²) < 4.78 is 0. The fourth-order valence-electron chi connectivity index (χ4n) is 1.18. The second kappa shape index (κ2) is 5.60. The summed E-state index contributed by atoms with van der Waals surface area (Å²) in [7, 11) is 1.95. The zero-order valence-electron chi connectivity index (χ0n) is 8.77. The van der Waals surface area contributed by atoms with Crippen molar-refractivity contribution in [3.05, 3.63) is 5.01 Å². The van der Waals surface area contributed by atoms with E-state index in [1.54, 1.807) is 0 Å². The van der Waals surface area contributed by atoms with Crippen molar-refractivity contribution in [3.8, 4) is 6.07 Å². The van der Waals surface area contributed by atoms with Crippen LogP contribution in [0.1, 0.15) is 11.9 Å². The quantitative estimate of drug-likeness (QED) is 0.558. The van der Waals surface area contributed by atoms with Gasteiger partial charge in [-0.05, 0) is 14.0 Å². The molecule has 6 nitrogen and oxygen atoms in total. The highest BCUT2D eigenvalue weighted by molar-refractivity contribution is 7.15. The lowest BCUT2D eigenvalue weighted by Gasteiger charge is -2.15. The van der Waals surface area contributed by atoms with Crippen LogP contribution in [-0.4, -0.2) is 28.7 Å².